The number of carbonyl (C=O) groups is 1. The molecule has 106 valence electrons. The quantitative estimate of drug-likeness (QED) is 0.815. The zero-order valence-electron chi connectivity index (χ0n) is 11.6. The van der Waals surface area contributed by atoms with Crippen molar-refractivity contribution in [2.75, 3.05) is 19.8 Å². The summed E-state index contributed by atoms with van der Waals surface area (Å²) in [5.41, 5.74) is 1.89. The van der Waals surface area contributed by atoms with Crippen LogP contribution in [0.25, 0.3) is 0 Å². The third-order valence-electron chi connectivity index (χ3n) is 3.38. The molecule has 1 heterocycles. The van der Waals surface area contributed by atoms with Gasteiger partial charge in [0, 0.05) is 12.2 Å². The number of nitrogens with one attached hydrogen (secondary N) is 1. The summed E-state index contributed by atoms with van der Waals surface area (Å²) in [5.74, 6) is 5.48. The van der Waals surface area contributed by atoms with E-state index in [0.29, 0.717) is 13.2 Å². The maximum absolute atomic E-state index is 12.0. The molecule has 0 saturated carbocycles. The Labute approximate surface area is 119 Å². The van der Waals surface area contributed by atoms with E-state index in [4.69, 9.17) is 9.84 Å². The van der Waals surface area contributed by atoms with Crippen molar-refractivity contribution in [2.24, 2.45) is 5.92 Å². The third kappa shape index (κ3) is 3.83. The summed E-state index contributed by atoms with van der Waals surface area (Å²) in [6.45, 7) is 3.01. The molecule has 20 heavy (non-hydrogen) atoms. The Morgan fingerprint density at radius 2 is 2.25 bits per heavy atom. The van der Waals surface area contributed by atoms with Gasteiger partial charge in [0.15, 0.2) is 0 Å². The Morgan fingerprint density at radius 1 is 1.50 bits per heavy atom. The van der Waals surface area contributed by atoms with Gasteiger partial charge in [-0.25, -0.2) is 0 Å². The number of aliphatic hydroxyl groups excluding tert-OH is 1. The molecule has 1 aromatic rings. The van der Waals surface area contributed by atoms with Crippen molar-refractivity contribution in [3.05, 3.63) is 35.4 Å². The van der Waals surface area contributed by atoms with Gasteiger partial charge in [-0.2, -0.15) is 0 Å². The van der Waals surface area contributed by atoms with E-state index in [0.717, 1.165) is 17.5 Å². The fourth-order valence-corrected chi connectivity index (χ4v) is 2.15. The van der Waals surface area contributed by atoms with Gasteiger partial charge in [-0.1, -0.05) is 24.0 Å². The summed E-state index contributed by atoms with van der Waals surface area (Å²) in [6.07, 6.45) is 0.800. The second kappa shape index (κ2) is 7.09. The van der Waals surface area contributed by atoms with E-state index < -0.39 is 0 Å². The fourth-order valence-electron chi connectivity index (χ4n) is 2.15. The van der Waals surface area contributed by atoms with Crippen molar-refractivity contribution in [1.82, 2.24) is 5.32 Å². The predicted molar refractivity (Wildman–Crippen MR) is 75.9 cm³/mol. The second-order valence-electron chi connectivity index (χ2n) is 4.87. The van der Waals surface area contributed by atoms with E-state index in [9.17, 15) is 4.79 Å². The Kier molecular flexibility index (Phi) is 5.16. The molecule has 0 aromatic heterocycles. The van der Waals surface area contributed by atoms with Crippen LogP contribution in [0.4, 0.5) is 0 Å². The molecule has 0 bridgehead atoms. The van der Waals surface area contributed by atoms with E-state index in [1.54, 1.807) is 0 Å². The highest BCUT2D eigenvalue weighted by Crippen LogP contribution is 2.17. The number of carbonyl (C=O) groups excluding carboxylic acids is 1. The summed E-state index contributed by atoms with van der Waals surface area (Å²) in [7, 11) is 0. The maximum Gasteiger partial charge on any atom is 0.225 e. The van der Waals surface area contributed by atoms with Crippen LogP contribution in [-0.2, 0) is 9.53 Å². The van der Waals surface area contributed by atoms with Crippen LogP contribution in [0, 0.1) is 17.8 Å². The monoisotopic (exact) mass is 273 g/mol. The molecule has 2 atom stereocenters. The van der Waals surface area contributed by atoms with Gasteiger partial charge in [-0.3, -0.25) is 4.79 Å². The number of ether oxygens (including phenoxy) is 1. The van der Waals surface area contributed by atoms with Crippen LogP contribution < -0.4 is 5.32 Å². The summed E-state index contributed by atoms with van der Waals surface area (Å²) in [5, 5.41) is 11.6. The van der Waals surface area contributed by atoms with Gasteiger partial charge < -0.3 is 15.2 Å². The van der Waals surface area contributed by atoms with Gasteiger partial charge in [-0.05, 0) is 31.0 Å². The number of amides is 1. The van der Waals surface area contributed by atoms with Crippen LogP contribution in [0.3, 0.4) is 0 Å². The molecule has 2 rings (SSSR count). The molecular weight excluding hydrogens is 254 g/mol. The van der Waals surface area contributed by atoms with Crippen molar-refractivity contribution in [1.29, 1.82) is 0 Å². The van der Waals surface area contributed by atoms with Gasteiger partial charge in [0.25, 0.3) is 0 Å². The highest BCUT2D eigenvalue weighted by molar-refractivity contribution is 5.79. The average Bonchev–Trinajstić information content (AvgIpc) is 3.00. The smallest absolute Gasteiger partial charge is 0.225 e. The second-order valence-corrected chi connectivity index (χ2v) is 4.87. The zero-order chi connectivity index (χ0) is 14.4. The van der Waals surface area contributed by atoms with Gasteiger partial charge in [0.1, 0.15) is 6.61 Å². The van der Waals surface area contributed by atoms with Crippen molar-refractivity contribution in [3.8, 4) is 11.8 Å². The third-order valence-corrected chi connectivity index (χ3v) is 3.38. The lowest BCUT2D eigenvalue weighted by atomic mass is 10.0. The lowest BCUT2D eigenvalue weighted by Crippen LogP contribution is -2.33. The van der Waals surface area contributed by atoms with Crippen molar-refractivity contribution in [3.63, 3.8) is 0 Å². The highest BCUT2D eigenvalue weighted by Gasteiger charge is 2.24. The van der Waals surface area contributed by atoms with Crippen LogP contribution in [0.15, 0.2) is 24.3 Å². The lowest BCUT2D eigenvalue weighted by molar-refractivity contribution is -0.125. The first-order valence-corrected chi connectivity index (χ1v) is 6.78. The summed E-state index contributed by atoms with van der Waals surface area (Å²) < 4.78 is 5.22. The predicted octanol–water partition coefficient (Wildman–Crippen LogP) is 1.24. The SMILES string of the molecule is CC(NC(=O)C1CCOC1)c1ccc(C#CCO)cc1. The molecule has 0 aliphatic carbocycles. The lowest BCUT2D eigenvalue weighted by Gasteiger charge is -2.16. The Morgan fingerprint density at radius 3 is 2.85 bits per heavy atom. The van der Waals surface area contributed by atoms with Crippen LogP contribution in [0.2, 0.25) is 0 Å². The highest BCUT2D eigenvalue weighted by atomic mass is 16.5. The van der Waals surface area contributed by atoms with Crippen molar-refractivity contribution in [2.45, 2.75) is 19.4 Å². The average molecular weight is 273 g/mol. The van der Waals surface area contributed by atoms with Crippen LogP contribution in [0.5, 0.6) is 0 Å². The molecule has 4 heteroatoms. The molecule has 1 aromatic carbocycles. The molecule has 2 unspecified atom stereocenters. The normalized spacial score (nSPS) is 19.0. The fraction of sp³-hybridized carbons (Fsp3) is 0.438. The zero-order valence-corrected chi connectivity index (χ0v) is 11.6. The van der Waals surface area contributed by atoms with Crippen molar-refractivity contribution < 1.29 is 14.6 Å². The molecule has 1 fully saturated rings. The van der Waals surface area contributed by atoms with Crippen LogP contribution in [-0.4, -0.2) is 30.8 Å². The minimum Gasteiger partial charge on any atom is -0.384 e. The molecule has 1 aliphatic rings. The minimum atomic E-state index is -0.141. The van der Waals surface area contributed by atoms with E-state index in [1.807, 2.05) is 31.2 Å². The number of benzene rings is 1. The molecule has 0 radical (unpaired) electrons. The molecule has 1 saturated heterocycles. The number of hydrogen-bond donors (Lipinski definition) is 2. The van der Waals surface area contributed by atoms with Gasteiger partial charge >= 0.3 is 0 Å². The summed E-state index contributed by atoms with van der Waals surface area (Å²) in [6, 6.07) is 7.62. The number of hydrogen-bond acceptors (Lipinski definition) is 3. The largest absolute Gasteiger partial charge is 0.384 e. The summed E-state index contributed by atoms with van der Waals surface area (Å²) in [4.78, 5) is 12.0. The Balaban J connectivity index is 1.94. The standard InChI is InChI=1S/C16H19NO3/c1-12(17-16(19)15-8-10-20-11-15)14-6-4-13(5-7-14)3-2-9-18/h4-7,12,15,18H,8-11H2,1H3,(H,17,19). The topological polar surface area (TPSA) is 58.6 Å². The Bertz CT molecular complexity index is 507. The first kappa shape index (κ1) is 14.6. The van der Waals surface area contributed by atoms with Gasteiger partial charge in [-0.15, -0.1) is 0 Å². The van der Waals surface area contributed by atoms with E-state index in [-0.39, 0.29) is 24.5 Å². The van der Waals surface area contributed by atoms with Crippen molar-refractivity contribution >= 4 is 5.91 Å². The summed E-state index contributed by atoms with van der Waals surface area (Å²) >= 11 is 0. The van der Waals surface area contributed by atoms with Crippen LogP contribution in [0.1, 0.15) is 30.5 Å². The number of aliphatic hydroxyl groups is 1. The molecule has 0 spiro atoms. The molecule has 1 aliphatic heterocycles. The maximum atomic E-state index is 12.0. The molecular formula is C16H19NO3. The van der Waals surface area contributed by atoms with E-state index >= 15 is 0 Å². The Hall–Kier alpha value is -1.83. The van der Waals surface area contributed by atoms with E-state index in [1.165, 1.54) is 0 Å². The van der Waals surface area contributed by atoms with Crippen LogP contribution >= 0.6 is 0 Å². The minimum absolute atomic E-state index is 0.0212. The molecule has 1 amide bonds. The number of rotatable bonds is 3. The molecule has 2 N–H and O–H groups in total. The van der Waals surface area contributed by atoms with E-state index in [2.05, 4.69) is 17.2 Å². The first-order valence-electron chi connectivity index (χ1n) is 6.78. The molecule has 4 nitrogen and oxygen atoms in total. The first-order chi connectivity index (χ1) is 9.70. The van der Waals surface area contributed by atoms with Gasteiger partial charge in [0.05, 0.1) is 18.6 Å². The van der Waals surface area contributed by atoms with Gasteiger partial charge in [0.2, 0.25) is 5.91 Å².